The third kappa shape index (κ3) is 25.8. The van der Waals surface area contributed by atoms with Crippen molar-refractivity contribution in [1.29, 1.82) is 0 Å². The van der Waals surface area contributed by atoms with Gasteiger partial charge in [0.25, 0.3) is 0 Å². The van der Waals surface area contributed by atoms with E-state index in [1.54, 1.807) is 6.08 Å². The van der Waals surface area contributed by atoms with Crippen LogP contribution in [0.15, 0.2) is 12.2 Å². The van der Waals surface area contributed by atoms with Crippen LogP contribution in [-0.4, -0.2) is 245 Å². The van der Waals surface area contributed by atoms with E-state index in [0.717, 1.165) is 44.9 Å². The quantitative estimate of drug-likeness (QED) is 0.0307. The summed E-state index contributed by atoms with van der Waals surface area (Å²) in [4.78, 5) is 13.4. The van der Waals surface area contributed by atoms with Crippen LogP contribution >= 0.6 is 0 Å². The van der Waals surface area contributed by atoms with Crippen LogP contribution in [0.25, 0.3) is 0 Å². The Morgan fingerprint density at radius 1 is 0.407 bits per heavy atom. The summed E-state index contributed by atoms with van der Waals surface area (Å²) in [6.45, 7) is 0.558. The summed E-state index contributed by atoms with van der Waals surface area (Å²) in [5, 5.41) is 154. The molecular weight excluding hydrogens is 1130 g/mol. The number of hydrogen-bond acceptors (Lipinski definition) is 23. The van der Waals surface area contributed by atoms with E-state index in [1.807, 2.05) is 6.08 Å². The molecule has 8 unspecified atom stereocenters. The maximum atomic E-state index is 13.4. The van der Waals surface area contributed by atoms with Gasteiger partial charge in [0.2, 0.25) is 5.91 Å². The molecule has 0 saturated carbocycles. The summed E-state index contributed by atoms with van der Waals surface area (Å²) in [6, 6.07) is -1.00. The third-order valence-electron chi connectivity index (χ3n) is 17.2. The molecule has 15 N–H and O–H groups in total. The maximum absolute atomic E-state index is 13.4. The summed E-state index contributed by atoms with van der Waals surface area (Å²) in [5.74, 6) is -0.299. The fraction of sp³-hybridized carbons (Fsp3) is 0.952. The van der Waals surface area contributed by atoms with Crippen molar-refractivity contribution >= 4 is 5.91 Å². The molecule has 24 heteroatoms. The van der Waals surface area contributed by atoms with Gasteiger partial charge in [-0.1, -0.05) is 193 Å². The summed E-state index contributed by atoms with van der Waals surface area (Å²) < 4.78 is 45.8. The molecule has 4 fully saturated rings. The summed E-state index contributed by atoms with van der Waals surface area (Å²) in [6.07, 6.45) is 0.773. The van der Waals surface area contributed by atoms with Gasteiger partial charge < -0.3 is 115 Å². The lowest BCUT2D eigenvalue weighted by Crippen LogP contribution is -2.67. The summed E-state index contributed by atoms with van der Waals surface area (Å²) >= 11 is 0. The van der Waals surface area contributed by atoms with Gasteiger partial charge in [-0.25, -0.2) is 0 Å². The zero-order valence-corrected chi connectivity index (χ0v) is 51.5. The highest BCUT2D eigenvalue weighted by molar-refractivity contribution is 5.76. The molecule has 4 saturated heterocycles. The standard InChI is InChI=1S/C62H115NO23/c1-3-5-7-9-11-13-15-17-18-19-20-22-24-26-28-30-32-34-46(69)63-40(41(68)33-31-29-27-25-23-21-16-14-12-10-8-6-4-2)39-79-59-53(76)50(73)56(44(37-66)82-59)84-61-54(77)51(74)57(45(38-67)83-61)85-62-55(78)58(48(71)43(36-65)81-62)86-60-52(75)49(72)47(70)42(35-64)80-60/h31,33,40-45,47-62,64-68,70-78H,3-30,32,34-39H2,1-2H3,(H,63,69)/b33-31+/t40-,41+,42?,43?,44?,45?,47-,48-,49-,50+,51+,52?,53?,54?,55?,56+,57-,58-,59+,60+,61-,62-/m0/s1. The Morgan fingerprint density at radius 3 is 1.20 bits per heavy atom. The average molecular weight is 1240 g/mol. The Kier molecular flexibility index (Phi) is 39.3. The molecule has 4 aliphatic rings. The zero-order valence-electron chi connectivity index (χ0n) is 51.5. The molecule has 0 bridgehead atoms. The lowest BCUT2D eigenvalue weighted by molar-refractivity contribution is -0.389. The first kappa shape index (κ1) is 76.8. The number of amides is 1. The second-order valence-corrected chi connectivity index (χ2v) is 24.3. The number of hydrogen-bond donors (Lipinski definition) is 15. The molecule has 1 amide bonds. The summed E-state index contributed by atoms with van der Waals surface area (Å²) in [7, 11) is 0. The highest BCUT2D eigenvalue weighted by atomic mass is 16.8. The van der Waals surface area contributed by atoms with Crippen LogP contribution in [0, 0.1) is 0 Å². The SMILES string of the molecule is CCCCCCCCCCCCC/C=C/[C@@H](O)[C@H](CO[C@@H]1OC(CO)[C@@H](O[C@@H]2OC(CO)[C@H](O[C@@H]3OC(CO)[C@H](O)[C@H](O[C@H]4OC(CO)[C@H](O)[C@H](O)C4O)C3O)[C@H](O)C2O)[C@H](O)C1O)NC(=O)CCCCCCCCCCCCCCCCCCC. The monoisotopic (exact) mass is 1240 g/mol. The lowest BCUT2D eigenvalue weighted by Gasteiger charge is -2.49. The molecule has 0 aliphatic carbocycles. The second-order valence-electron chi connectivity index (χ2n) is 24.3. The van der Waals surface area contributed by atoms with Crippen molar-refractivity contribution in [3.05, 3.63) is 12.2 Å². The van der Waals surface area contributed by atoms with Crippen molar-refractivity contribution in [2.75, 3.05) is 33.0 Å². The molecule has 0 aromatic rings. The van der Waals surface area contributed by atoms with Gasteiger partial charge in [0, 0.05) is 6.42 Å². The van der Waals surface area contributed by atoms with Crippen LogP contribution in [0.1, 0.15) is 206 Å². The van der Waals surface area contributed by atoms with Crippen molar-refractivity contribution in [2.24, 2.45) is 0 Å². The van der Waals surface area contributed by atoms with Gasteiger partial charge in [-0.05, 0) is 19.3 Å². The van der Waals surface area contributed by atoms with Gasteiger partial charge in [0.15, 0.2) is 25.2 Å². The van der Waals surface area contributed by atoms with E-state index in [9.17, 15) is 76.3 Å². The minimum atomic E-state index is -2.08. The summed E-state index contributed by atoms with van der Waals surface area (Å²) in [5.41, 5.74) is 0. The number of carbonyl (C=O) groups excluding carboxylic acids is 1. The minimum Gasteiger partial charge on any atom is -0.394 e. The van der Waals surface area contributed by atoms with Crippen molar-refractivity contribution < 1.29 is 114 Å². The molecule has 506 valence electrons. The topological polar surface area (TPSA) is 386 Å². The van der Waals surface area contributed by atoms with Gasteiger partial charge in [-0.3, -0.25) is 4.79 Å². The van der Waals surface area contributed by atoms with Gasteiger partial charge in [-0.2, -0.15) is 0 Å². The van der Waals surface area contributed by atoms with Gasteiger partial charge in [-0.15, -0.1) is 0 Å². The van der Waals surface area contributed by atoms with Crippen LogP contribution < -0.4 is 5.32 Å². The molecule has 86 heavy (non-hydrogen) atoms. The number of allylic oxidation sites excluding steroid dienone is 1. The van der Waals surface area contributed by atoms with E-state index in [0.29, 0.717) is 6.42 Å². The molecule has 0 aromatic heterocycles. The second kappa shape index (κ2) is 44.0. The first-order valence-electron chi connectivity index (χ1n) is 33.0. The van der Waals surface area contributed by atoms with E-state index in [4.69, 9.17) is 37.9 Å². The van der Waals surface area contributed by atoms with Crippen LogP contribution in [-0.2, 0) is 42.7 Å². The zero-order chi connectivity index (χ0) is 62.8. The smallest absolute Gasteiger partial charge is 0.220 e. The third-order valence-corrected chi connectivity index (χ3v) is 17.2. The molecule has 4 aliphatic heterocycles. The van der Waals surface area contributed by atoms with Crippen LogP contribution in [0.3, 0.4) is 0 Å². The number of aliphatic hydroxyl groups is 14. The molecule has 0 spiro atoms. The number of aliphatic hydroxyl groups excluding tert-OH is 14. The molecule has 4 rings (SSSR count). The van der Waals surface area contributed by atoms with Crippen molar-refractivity contribution in [3.63, 3.8) is 0 Å². The number of nitrogens with one attached hydrogen (secondary N) is 1. The van der Waals surface area contributed by atoms with Gasteiger partial charge in [0.1, 0.15) is 97.7 Å². The maximum Gasteiger partial charge on any atom is 0.220 e. The van der Waals surface area contributed by atoms with Crippen molar-refractivity contribution in [3.8, 4) is 0 Å². The minimum absolute atomic E-state index is 0.222. The van der Waals surface area contributed by atoms with Crippen molar-refractivity contribution in [2.45, 2.75) is 341 Å². The first-order chi connectivity index (χ1) is 41.6. The molecule has 0 radical (unpaired) electrons. The fourth-order valence-electron chi connectivity index (χ4n) is 11.7. The highest BCUT2D eigenvalue weighted by Gasteiger charge is 2.55. The van der Waals surface area contributed by atoms with Crippen LogP contribution in [0.4, 0.5) is 0 Å². The molecule has 24 nitrogen and oxygen atoms in total. The van der Waals surface area contributed by atoms with E-state index >= 15 is 0 Å². The molecule has 4 heterocycles. The molecule has 22 atom stereocenters. The Morgan fingerprint density at radius 2 is 0.756 bits per heavy atom. The van der Waals surface area contributed by atoms with E-state index in [1.165, 1.54) is 135 Å². The highest BCUT2D eigenvalue weighted by Crippen LogP contribution is 2.35. The molecule has 0 aromatic carbocycles. The fourth-order valence-corrected chi connectivity index (χ4v) is 11.7. The van der Waals surface area contributed by atoms with Gasteiger partial charge >= 0.3 is 0 Å². The number of carbonyl (C=O) groups is 1. The van der Waals surface area contributed by atoms with E-state index < -0.39 is 161 Å². The number of unbranched alkanes of at least 4 members (excludes halogenated alkanes) is 27. The Labute approximate surface area is 510 Å². The van der Waals surface area contributed by atoms with Crippen LogP contribution in [0.5, 0.6) is 0 Å². The first-order valence-corrected chi connectivity index (χ1v) is 33.0. The number of ether oxygens (including phenoxy) is 8. The normalized spacial score (nSPS) is 34.2. The largest absolute Gasteiger partial charge is 0.394 e. The van der Waals surface area contributed by atoms with Gasteiger partial charge in [0.05, 0.1) is 45.2 Å². The lowest BCUT2D eigenvalue weighted by atomic mass is 9.95. The Hall–Kier alpha value is -1.67. The predicted molar refractivity (Wildman–Crippen MR) is 315 cm³/mol. The van der Waals surface area contributed by atoms with Crippen LogP contribution in [0.2, 0.25) is 0 Å². The van der Waals surface area contributed by atoms with E-state index in [-0.39, 0.29) is 18.9 Å². The van der Waals surface area contributed by atoms with E-state index in [2.05, 4.69) is 19.2 Å². The average Bonchev–Trinajstić information content (AvgIpc) is 1.17. The number of rotatable bonds is 46. The Balaban J connectivity index is 1.30. The van der Waals surface area contributed by atoms with Crippen molar-refractivity contribution in [1.82, 2.24) is 5.32 Å². The predicted octanol–water partition coefficient (Wildman–Crippen LogP) is 2.42. The Bertz CT molecular complexity index is 1740. The molecular formula is C62H115NO23.